The van der Waals surface area contributed by atoms with Crippen molar-refractivity contribution in [3.8, 4) is 11.5 Å². The molecule has 0 saturated heterocycles. The number of rotatable bonds is 7. The van der Waals surface area contributed by atoms with E-state index in [1.165, 1.54) is 0 Å². The van der Waals surface area contributed by atoms with Crippen LogP contribution in [0.1, 0.15) is 27.7 Å². The molecule has 3 heteroatoms. The minimum Gasteiger partial charge on any atom is -0.494 e. The minimum absolute atomic E-state index is 0.221. The van der Waals surface area contributed by atoms with Crippen LogP contribution in [0.4, 0.5) is 0 Å². The summed E-state index contributed by atoms with van der Waals surface area (Å²) in [4.78, 5) is 0. The van der Waals surface area contributed by atoms with Gasteiger partial charge in [0.2, 0.25) is 0 Å². The first-order valence-electron chi connectivity index (χ1n) is 6.20. The Bertz CT molecular complexity index is 337. The zero-order chi connectivity index (χ0) is 12.7. The van der Waals surface area contributed by atoms with E-state index in [1.807, 2.05) is 31.2 Å². The van der Waals surface area contributed by atoms with Crippen LogP contribution in [0.15, 0.2) is 24.3 Å². The lowest BCUT2D eigenvalue weighted by Crippen LogP contribution is -2.40. The Morgan fingerprint density at radius 1 is 1.18 bits per heavy atom. The molecule has 0 atom stereocenters. The van der Waals surface area contributed by atoms with Crippen LogP contribution in [0.25, 0.3) is 0 Å². The van der Waals surface area contributed by atoms with Crippen molar-refractivity contribution in [3.05, 3.63) is 24.3 Å². The first-order valence-corrected chi connectivity index (χ1v) is 6.20. The van der Waals surface area contributed by atoms with Gasteiger partial charge in [-0.3, -0.25) is 0 Å². The maximum Gasteiger partial charge on any atom is 0.123 e. The number of ether oxygens (including phenoxy) is 2. The Kier molecular flexibility index (Phi) is 5.29. The van der Waals surface area contributed by atoms with Crippen molar-refractivity contribution >= 4 is 0 Å². The molecule has 0 spiro atoms. The monoisotopic (exact) mass is 237 g/mol. The Morgan fingerprint density at radius 3 is 2.53 bits per heavy atom. The average Bonchev–Trinajstić information content (AvgIpc) is 2.27. The predicted octanol–water partition coefficient (Wildman–Crippen LogP) is 2.85. The van der Waals surface area contributed by atoms with Gasteiger partial charge in [0.25, 0.3) is 0 Å². The summed E-state index contributed by atoms with van der Waals surface area (Å²) in [7, 11) is 0. The topological polar surface area (TPSA) is 30.5 Å². The Balaban J connectivity index is 2.63. The smallest absolute Gasteiger partial charge is 0.123 e. The molecule has 0 amide bonds. The third-order valence-electron chi connectivity index (χ3n) is 2.31. The van der Waals surface area contributed by atoms with Gasteiger partial charge in [-0.15, -0.1) is 0 Å². The number of hydrogen-bond acceptors (Lipinski definition) is 3. The van der Waals surface area contributed by atoms with Crippen LogP contribution in [0.3, 0.4) is 0 Å². The van der Waals surface area contributed by atoms with Gasteiger partial charge in [0.15, 0.2) is 0 Å². The molecule has 0 bridgehead atoms. The lowest BCUT2D eigenvalue weighted by atomic mass is 10.1. The van der Waals surface area contributed by atoms with Crippen LogP contribution < -0.4 is 14.8 Å². The van der Waals surface area contributed by atoms with Crippen LogP contribution in [0.2, 0.25) is 0 Å². The predicted molar refractivity (Wildman–Crippen MR) is 70.9 cm³/mol. The largest absolute Gasteiger partial charge is 0.494 e. The lowest BCUT2D eigenvalue weighted by molar-refractivity contribution is 0.108. The fourth-order valence-electron chi connectivity index (χ4n) is 1.58. The summed E-state index contributed by atoms with van der Waals surface area (Å²) in [5, 5.41) is 3.29. The molecular formula is C14H23NO2. The molecule has 1 aromatic rings. The summed E-state index contributed by atoms with van der Waals surface area (Å²) < 4.78 is 11.4. The lowest BCUT2D eigenvalue weighted by Gasteiger charge is -2.26. The third kappa shape index (κ3) is 5.09. The Labute approximate surface area is 104 Å². The van der Waals surface area contributed by atoms with Gasteiger partial charge >= 0.3 is 0 Å². The molecule has 0 fully saturated rings. The molecule has 0 unspecified atom stereocenters. The van der Waals surface area contributed by atoms with E-state index in [1.54, 1.807) is 0 Å². The summed E-state index contributed by atoms with van der Waals surface area (Å²) in [5.74, 6) is 1.70. The molecule has 17 heavy (non-hydrogen) atoms. The third-order valence-corrected chi connectivity index (χ3v) is 2.31. The second-order valence-corrected chi connectivity index (χ2v) is 4.55. The quantitative estimate of drug-likeness (QED) is 0.791. The number of hydrogen-bond donors (Lipinski definition) is 1. The second kappa shape index (κ2) is 6.50. The summed E-state index contributed by atoms with van der Waals surface area (Å²) in [6, 6.07) is 7.77. The molecule has 0 radical (unpaired) electrons. The first-order chi connectivity index (χ1) is 8.07. The molecule has 0 aliphatic carbocycles. The molecule has 1 aromatic carbocycles. The van der Waals surface area contributed by atoms with Gasteiger partial charge in [-0.1, -0.05) is 13.0 Å². The molecule has 96 valence electrons. The molecular weight excluding hydrogens is 214 g/mol. The van der Waals surface area contributed by atoms with Gasteiger partial charge in [-0.05, 0) is 39.4 Å². The molecule has 1 rings (SSSR count). The van der Waals surface area contributed by atoms with Crippen LogP contribution in [0.5, 0.6) is 11.5 Å². The van der Waals surface area contributed by atoms with E-state index in [4.69, 9.17) is 9.47 Å². The van der Waals surface area contributed by atoms with E-state index in [2.05, 4.69) is 26.1 Å². The maximum absolute atomic E-state index is 5.95. The van der Waals surface area contributed by atoms with E-state index in [0.717, 1.165) is 24.6 Å². The zero-order valence-electron chi connectivity index (χ0n) is 11.2. The van der Waals surface area contributed by atoms with Crippen molar-refractivity contribution < 1.29 is 9.47 Å². The highest BCUT2D eigenvalue weighted by atomic mass is 16.5. The van der Waals surface area contributed by atoms with Crippen molar-refractivity contribution in [1.29, 1.82) is 0 Å². The molecule has 3 nitrogen and oxygen atoms in total. The average molecular weight is 237 g/mol. The standard InChI is InChI=1S/C14H23NO2/c1-5-15-11-14(3,4)17-13-9-7-8-12(10-13)16-6-2/h7-10,15H,5-6,11H2,1-4H3. The molecule has 0 aliphatic rings. The number of nitrogens with one attached hydrogen (secondary N) is 1. The summed E-state index contributed by atoms with van der Waals surface area (Å²) in [6.07, 6.45) is 0. The zero-order valence-corrected chi connectivity index (χ0v) is 11.2. The molecule has 1 N–H and O–H groups in total. The van der Waals surface area contributed by atoms with E-state index < -0.39 is 0 Å². The van der Waals surface area contributed by atoms with Crippen molar-refractivity contribution in [2.45, 2.75) is 33.3 Å². The summed E-state index contributed by atoms with van der Waals surface area (Å²) in [6.45, 7) is 10.7. The van der Waals surface area contributed by atoms with Gasteiger partial charge in [0.1, 0.15) is 17.1 Å². The van der Waals surface area contributed by atoms with Gasteiger partial charge in [-0.25, -0.2) is 0 Å². The fourth-order valence-corrected chi connectivity index (χ4v) is 1.58. The molecule has 0 heterocycles. The van der Waals surface area contributed by atoms with Crippen molar-refractivity contribution in [3.63, 3.8) is 0 Å². The maximum atomic E-state index is 5.95. The summed E-state index contributed by atoms with van der Waals surface area (Å²) in [5.41, 5.74) is -0.221. The highest BCUT2D eigenvalue weighted by Gasteiger charge is 2.19. The molecule has 0 saturated carbocycles. The highest BCUT2D eigenvalue weighted by Crippen LogP contribution is 2.23. The SMILES string of the molecule is CCNCC(C)(C)Oc1cccc(OCC)c1. The van der Waals surface area contributed by atoms with E-state index >= 15 is 0 Å². The molecule has 0 aliphatic heterocycles. The Morgan fingerprint density at radius 2 is 1.88 bits per heavy atom. The van der Waals surface area contributed by atoms with Gasteiger partial charge in [0, 0.05) is 12.6 Å². The van der Waals surface area contributed by atoms with E-state index in [9.17, 15) is 0 Å². The van der Waals surface area contributed by atoms with Gasteiger partial charge in [0.05, 0.1) is 6.61 Å². The minimum atomic E-state index is -0.221. The van der Waals surface area contributed by atoms with E-state index in [-0.39, 0.29) is 5.60 Å². The Hall–Kier alpha value is -1.22. The van der Waals surface area contributed by atoms with Crippen LogP contribution >= 0.6 is 0 Å². The van der Waals surface area contributed by atoms with Crippen LogP contribution in [-0.4, -0.2) is 25.3 Å². The van der Waals surface area contributed by atoms with Crippen molar-refractivity contribution in [2.75, 3.05) is 19.7 Å². The summed E-state index contributed by atoms with van der Waals surface area (Å²) >= 11 is 0. The van der Waals surface area contributed by atoms with Crippen molar-refractivity contribution in [2.24, 2.45) is 0 Å². The first kappa shape index (κ1) is 13.8. The van der Waals surface area contributed by atoms with E-state index in [0.29, 0.717) is 6.61 Å². The number of likely N-dealkylation sites (N-methyl/N-ethyl adjacent to an activating group) is 1. The van der Waals surface area contributed by atoms with Crippen LogP contribution in [-0.2, 0) is 0 Å². The van der Waals surface area contributed by atoms with Gasteiger partial charge < -0.3 is 14.8 Å². The molecule has 0 aromatic heterocycles. The number of benzene rings is 1. The fraction of sp³-hybridized carbons (Fsp3) is 0.571. The van der Waals surface area contributed by atoms with Crippen molar-refractivity contribution in [1.82, 2.24) is 5.32 Å². The highest BCUT2D eigenvalue weighted by molar-refractivity contribution is 5.33. The van der Waals surface area contributed by atoms with Crippen LogP contribution in [0, 0.1) is 0 Å². The normalized spacial score (nSPS) is 11.3. The van der Waals surface area contributed by atoms with Gasteiger partial charge in [-0.2, -0.15) is 0 Å². The second-order valence-electron chi connectivity index (χ2n) is 4.55.